The van der Waals surface area contributed by atoms with Gasteiger partial charge in [0, 0.05) is 17.6 Å². The number of aromatic carboxylic acids is 1. The highest BCUT2D eigenvalue weighted by Gasteiger charge is 2.07. The molecule has 2 aromatic heterocycles. The lowest BCUT2D eigenvalue weighted by molar-refractivity contribution is 0.0696. The maximum atomic E-state index is 10.6. The lowest BCUT2D eigenvalue weighted by Gasteiger charge is -1.98. The van der Waals surface area contributed by atoms with Crippen LogP contribution in [0.15, 0.2) is 28.5 Å². The van der Waals surface area contributed by atoms with Crippen LogP contribution < -0.4 is 5.32 Å². The molecule has 84 valence electrons. The summed E-state index contributed by atoms with van der Waals surface area (Å²) in [4.78, 5) is 15.7. The molecule has 0 unspecified atom stereocenters. The molecule has 16 heavy (non-hydrogen) atoms. The lowest BCUT2D eigenvalue weighted by Crippen LogP contribution is -2.11. The van der Waals surface area contributed by atoms with Crippen molar-refractivity contribution in [1.29, 1.82) is 0 Å². The van der Waals surface area contributed by atoms with E-state index >= 15 is 0 Å². The van der Waals surface area contributed by atoms with Gasteiger partial charge in [-0.25, -0.2) is 4.79 Å². The van der Waals surface area contributed by atoms with Crippen LogP contribution in [-0.2, 0) is 13.1 Å². The molecule has 0 aliphatic rings. The molecule has 0 aromatic carbocycles. The average molecular weight is 238 g/mol. The molecule has 0 fully saturated rings. The van der Waals surface area contributed by atoms with Gasteiger partial charge >= 0.3 is 5.97 Å². The van der Waals surface area contributed by atoms with Crippen molar-refractivity contribution in [2.24, 2.45) is 0 Å². The van der Waals surface area contributed by atoms with E-state index in [9.17, 15) is 4.79 Å². The SMILES string of the molecule is O=C(O)c1coc(CNCc2cncs2)c1. The number of nitrogens with zero attached hydrogens (tertiary/aromatic N) is 1. The Kier molecular flexibility index (Phi) is 3.33. The highest BCUT2D eigenvalue weighted by Crippen LogP contribution is 2.09. The summed E-state index contributed by atoms with van der Waals surface area (Å²) in [5.41, 5.74) is 1.95. The van der Waals surface area contributed by atoms with Crippen molar-refractivity contribution in [3.8, 4) is 0 Å². The molecule has 0 saturated carbocycles. The van der Waals surface area contributed by atoms with Crippen molar-refractivity contribution in [3.05, 3.63) is 40.2 Å². The molecule has 5 nitrogen and oxygen atoms in total. The molecule has 2 aromatic rings. The van der Waals surface area contributed by atoms with Crippen LogP contribution in [0.5, 0.6) is 0 Å². The fraction of sp³-hybridized carbons (Fsp3) is 0.200. The number of aromatic nitrogens is 1. The van der Waals surface area contributed by atoms with Crippen molar-refractivity contribution >= 4 is 17.3 Å². The third kappa shape index (κ3) is 2.68. The predicted octanol–water partition coefficient (Wildman–Crippen LogP) is 1.72. The van der Waals surface area contributed by atoms with Gasteiger partial charge in [0.1, 0.15) is 12.0 Å². The van der Waals surface area contributed by atoms with Gasteiger partial charge in [0.2, 0.25) is 0 Å². The van der Waals surface area contributed by atoms with Gasteiger partial charge in [0.15, 0.2) is 0 Å². The van der Waals surface area contributed by atoms with Crippen molar-refractivity contribution < 1.29 is 14.3 Å². The fourth-order valence-corrected chi connectivity index (χ4v) is 1.79. The summed E-state index contributed by atoms with van der Waals surface area (Å²) in [6.45, 7) is 1.21. The topological polar surface area (TPSA) is 75.4 Å². The van der Waals surface area contributed by atoms with Gasteiger partial charge in [-0.05, 0) is 6.07 Å². The summed E-state index contributed by atoms with van der Waals surface area (Å²) in [6, 6.07) is 1.52. The summed E-state index contributed by atoms with van der Waals surface area (Å²) < 4.78 is 5.09. The van der Waals surface area contributed by atoms with Gasteiger partial charge in [-0.1, -0.05) is 0 Å². The molecule has 2 heterocycles. The minimum absolute atomic E-state index is 0.176. The Morgan fingerprint density at radius 3 is 3.06 bits per heavy atom. The average Bonchev–Trinajstić information content (AvgIpc) is 2.87. The number of hydrogen-bond donors (Lipinski definition) is 2. The molecule has 0 amide bonds. The van der Waals surface area contributed by atoms with Crippen LogP contribution in [0.2, 0.25) is 0 Å². The first-order chi connectivity index (χ1) is 7.75. The van der Waals surface area contributed by atoms with E-state index < -0.39 is 5.97 Å². The van der Waals surface area contributed by atoms with Crippen LogP contribution in [0.25, 0.3) is 0 Å². The number of rotatable bonds is 5. The molecule has 0 saturated heterocycles. The first-order valence-corrected chi connectivity index (χ1v) is 5.52. The number of furan rings is 1. The number of carbonyl (C=O) groups is 1. The highest BCUT2D eigenvalue weighted by atomic mass is 32.1. The van der Waals surface area contributed by atoms with E-state index in [2.05, 4.69) is 10.3 Å². The smallest absolute Gasteiger partial charge is 0.338 e. The Morgan fingerprint density at radius 2 is 2.44 bits per heavy atom. The van der Waals surface area contributed by atoms with Gasteiger partial charge in [-0.3, -0.25) is 4.98 Å². The molecule has 0 aliphatic carbocycles. The quantitative estimate of drug-likeness (QED) is 0.829. The van der Waals surface area contributed by atoms with E-state index in [-0.39, 0.29) is 5.56 Å². The second kappa shape index (κ2) is 4.91. The number of nitrogens with one attached hydrogen (secondary N) is 1. The zero-order valence-corrected chi connectivity index (χ0v) is 9.16. The summed E-state index contributed by atoms with van der Waals surface area (Å²) in [6.07, 6.45) is 3.04. The molecule has 0 atom stereocenters. The van der Waals surface area contributed by atoms with Crippen LogP contribution >= 0.6 is 11.3 Å². The van der Waals surface area contributed by atoms with Crippen molar-refractivity contribution in [1.82, 2.24) is 10.3 Å². The van der Waals surface area contributed by atoms with Crippen molar-refractivity contribution in [3.63, 3.8) is 0 Å². The Morgan fingerprint density at radius 1 is 1.56 bits per heavy atom. The molecule has 0 radical (unpaired) electrons. The van der Waals surface area contributed by atoms with E-state index in [1.54, 1.807) is 23.0 Å². The number of hydrogen-bond acceptors (Lipinski definition) is 5. The zero-order chi connectivity index (χ0) is 11.4. The Hall–Kier alpha value is -1.66. The Bertz CT molecular complexity index is 464. The zero-order valence-electron chi connectivity index (χ0n) is 8.34. The number of carboxylic acid groups (broad SMARTS) is 1. The number of thiazole rings is 1. The molecule has 2 rings (SSSR count). The van der Waals surface area contributed by atoms with Gasteiger partial charge in [-0.2, -0.15) is 0 Å². The standard InChI is InChI=1S/C10H10N2O3S/c13-10(14)7-1-8(15-5-7)2-11-3-9-4-12-6-16-9/h1,4-6,11H,2-3H2,(H,13,14). The third-order valence-corrected chi connectivity index (χ3v) is 2.76. The summed E-state index contributed by atoms with van der Waals surface area (Å²) in [5, 5.41) is 11.8. The first kappa shape index (κ1) is 10.8. The Balaban J connectivity index is 1.83. The van der Waals surface area contributed by atoms with Crippen LogP contribution in [-0.4, -0.2) is 16.1 Å². The first-order valence-electron chi connectivity index (χ1n) is 4.64. The molecular weight excluding hydrogens is 228 g/mol. The number of carboxylic acids is 1. The second-order valence-corrected chi connectivity index (χ2v) is 4.15. The lowest BCUT2D eigenvalue weighted by atomic mass is 10.3. The monoisotopic (exact) mass is 238 g/mol. The maximum Gasteiger partial charge on any atom is 0.338 e. The maximum absolute atomic E-state index is 10.6. The van der Waals surface area contributed by atoms with Gasteiger partial charge in [0.25, 0.3) is 0 Å². The summed E-state index contributed by atoms with van der Waals surface area (Å²) in [5.74, 6) is -0.362. The van der Waals surface area contributed by atoms with E-state index in [0.29, 0.717) is 18.8 Å². The summed E-state index contributed by atoms with van der Waals surface area (Å²) >= 11 is 1.57. The third-order valence-electron chi connectivity index (χ3n) is 1.98. The van der Waals surface area contributed by atoms with Gasteiger partial charge in [-0.15, -0.1) is 11.3 Å². The van der Waals surface area contributed by atoms with Crippen LogP contribution in [0.3, 0.4) is 0 Å². The molecular formula is C10H10N2O3S. The minimum atomic E-state index is -0.975. The van der Waals surface area contributed by atoms with E-state index in [1.165, 1.54) is 12.3 Å². The van der Waals surface area contributed by atoms with Crippen molar-refractivity contribution in [2.75, 3.05) is 0 Å². The fourth-order valence-electron chi connectivity index (χ4n) is 1.22. The predicted molar refractivity (Wildman–Crippen MR) is 58.3 cm³/mol. The normalized spacial score (nSPS) is 10.5. The van der Waals surface area contributed by atoms with Gasteiger partial charge < -0.3 is 14.8 Å². The minimum Gasteiger partial charge on any atom is -0.478 e. The molecule has 0 spiro atoms. The van der Waals surface area contributed by atoms with E-state index in [4.69, 9.17) is 9.52 Å². The molecule has 0 aliphatic heterocycles. The largest absolute Gasteiger partial charge is 0.478 e. The van der Waals surface area contributed by atoms with Crippen LogP contribution in [0.1, 0.15) is 21.0 Å². The van der Waals surface area contributed by atoms with Crippen LogP contribution in [0, 0.1) is 0 Å². The van der Waals surface area contributed by atoms with Gasteiger partial charge in [0.05, 0.1) is 17.6 Å². The van der Waals surface area contributed by atoms with E-state index in [0.717, 1.165) is 4.88 Å². The summed E-state index contributed by atoms with van der Waals surface area (Å²) in [7, 11) is 0. The molecule has 6 heteroatoms. The molecule has 2 N–H and O–H groups in total. The Labute approximate surface area is 95.7 Å². The van der Waals surface area contributed by atoms with Crippen molar-refractivity contribution in [2.45, 2.75) is 13.1 Å². The van der Waals surface area contributed by atoms with Crippen LogP contribution in [0.4, 0.5) is 0 Å². The van der Waals surface area contributed by atoms with E-state index in [1.807, 2.05) is 0 Å². The molecule has 0 bridgehead atoms. The second-order valence-electron chi connectivity index (χ2n) is 3.18. The highest BCUT2D eigenvalue weighted by molar-refractivity contribution is 7.09.